The normalized spacial score (nSPS) is 12.8. The van der Waals surface area contributed by atoms with E-state index in [0.717, 1.165) is 51.4 Å². The van der Waals surface area contributed by atoms with E-state index in [0.29, 0.717) is 19.4 Å². The Morgan fingerprint density at radius 3 is 0.963 bits per heavy atom. The number of rotatable bonds is 69. The highest BCUT2D eigenvalue weighted by Crippen LogP contribution is 2.18. The Morgan fingerprint density at radius 1 is 0.341 bits per heavy atom. The van der Waals surface area contributed by atoms with E-state index in [4.69, 9.17) is 4.74 Å². The van der Waals surface area contributed by atoms with Gasteiger partial charge in [-0.3, -0.25) is 9.59 Å². The molecule has 0 aromatic heterocycles. The maximum atomic E-state index is 12.4. The van der Waals surface area contributed by atoms with Crippen molar-refractivity contribution in [1.29, 1.82) is 0 Å². The number of carbonyl (C=O) groups is 2. The van der Waals surface area contributed by atoms with Gasteiger partial charge in [-0.2, -0.15) is 0 Å². The summed E-state index contributed by atoms with van der Waals surface area (Å²) in [5, 5.41) is 23.1. The van der Waals surface area contributed by atoms with Gasteiger partial charge >= 0.3 is 5.97 Å². The van der Waals surface area contributed by atoms with Crippen LogP contribution in [0.2, 0.25) is 0 Å². The number of carbonyl (C=O) groups excluding carboxylic acids is 2. The van der Waals surface area contributed by atoms with Gasteiger partial charge in [0, 0.05) is 12.8 Å². The molecule has 0 heterocycles. The molecule has 0 aliphatic rings. The second-order valence-corrected chi connectivity index (χ2v) is 25.3. The highest BCUT2D eigenvalue weighted by Gasteiger charge is 2.18. The van der Waals surface area contributed by atoms with Crippen LogP contribution in [-0.4, -0.2) is 47.4 Å². The zero-order chi connectivity index (χ0) is 59.2. The number of nitrogens with one attached hydrogen (secondary N) is 1. The minimum Gasteiger partial charge on any atom is -0.466 e. The van der Waals surface area contributed by atoms with Gasteiger partial charge in [0.1, 0.15) is 0 Å². The first kappa shape index (κ1) is 79.8. The number of ether oxygens (including phenoxy) is 1. The van der Waals surface area contributed by atoms with Crippen molar-refractivity contribution in [1.82, 2.24) is 5.32 Å². The first-order chi connectivity index (χ1) is 40.5. The first-order valence-corrected chi connectivity index (χ1v) is 36.9. The third-order valence-corrected chi connectivity index (χ3v) is 17.1. The van der Waals surface area contributed by atoms with E-state index in [1.165, 1.54) is 321 Å². The zero-order valence-electron chi connectivity index (χ0n) is 55.2. The van der Waals surface area contributed by atoms with Crippen LogP contribution >= 0.6 is 0 Å². The summed E-state index contributed by atoms with van der Waals surface area (Å²) in [6.45, 7) is 4.89. The summed E-state index contributed by atoms with van der Waals surface area (Å²) in [5.41, 5.74) is 0. The molecule has 0 saturated heterocycles. The van der Waals surface area contributed by atoms with Gasteiger partial charge in [-0.05, 0) is 89.9 Å². The van der Waals surface area contributed by atoms with Crippen LogP contribution < -0.4 is 5.32 Å². The standard InChI is InChI=1S/C76H143NO5/c1-3-5-7-9-11-13-15-16-17-39-43-46-50-54-58-62-66-70-76(81)82-71-67-63-59-55-51-47-44-41-38-36-34-32-30-28-26-24-22-20-18-19-21-23-25-27-29-31-33-35-37-40-42-45-49-53-57-61-65-69-75(80)77-73(72-78)74(79)68-64-60-56-52-48-14-12-10-8-6-4-2/h11,13,16-18,20,64,68,73-74,78-79H,3-10,12,14-15,19,21-63,65-67,69-72H2,1-2H3,(H,77,80)/b13-11-,17-16-,20-18-,68-64+. The lowest BCUT2D eigenvalue weighted by atomic mass is 10.0. The second kappa shape index (κ2) is 71.3. The number of aliphatic hydroxyl groups is 2. The van der Waals surface area contributed by atoms with Crippen molar-refractivity contribution in [2.75, 3.05) is 13.2 Å². The van der Waals surface area contributed by atoms with E-state index < -0.39 is 12.1 Å². The summed E-state index contributed by atoms with van der Waals surface area (Å²) in [6.07, 6.45) is 93.7. The number of aliphatic hydroxyl groups excluding tert-OH is 2. The third kappa shape index (κ3) is 67.0. The maximum absolute atomic E-state index is 12.4. The third-order valence-electron chi connectivity index (χ3n) is 17.1. The van der Waals surface area contributed by atoms with Crippen molar-refractivity contribution in [2.24, 2.45) is 0 Å². The van der Waals surface area contributed by atoms with Gasteiger partial charge < -0.3 is 20.3 Å². The number of hydrogen-bond acceptors (Lipinski definition) is 5. The summed E-state index contributed by atoms with van der Waals surface area (Å²) in [7, 11) is 0. The van der Waals surface area contributed by atoms with Gasteiger partial charge in [-0.25, -0.2) is 0 Å². The van der Waals surface area contributed by atoms with Crippen LogP contribution in [0, 0.1) is 0 Å². The van der Waals surface area contributed by atoms with Crippen molar-refractivity contribution in [3.8, 4) is 0 Å². The van der Waals surface area contributed by atoms with Crippen molar-refractivity contribution < 1.29 is 24.5 Å². The van der Waals surface area contributed by atoms with E-state index in [2.05, 4.69) is 55.6 Å². The lowest BCUT2D eigenvalue weighted by molar-refractivity contribution is -0.143. The molecule has 0 aliphatic carbocycles. The molecule has 6 heteroatoms. The van der Waals surface area contributed by atoms with Crippen LogP contribution in [0.4, 0.5) is 0 Å². The minimum absolute atomic E-state index is 0.0136. The van der Waals surface area contributed by atoms with Crippen LogP contribution in [0.15, 0.2) is 48.6 Å². The average Bonchev–Trinajstić information content (AvgIpc) is 3.48. The molecular weight excluding hydrogens is 1010 g/mol. The summed E-state index contributed by atoms with van der Waals surface area (Å²) in [5.74, 6) is -0.0504. The lowest BCUT2D eigenvalue weighted by Gasteiger charge is -2.20. The Labute approximate surface area is 512 Å². The Balaban J connectivity index is 3.32. The molecule has 0 aromatic rings. The largest absolute Gasteiger partial charge is 0.466 e. The molecule has 2 atom stereocenters. The number of hydrogen-bond donors (Lipinski definition) is 3. The highest BCUT2D eigenvalue weighted by molar-refractivity contribution is 5.76. The Morgan fingerprint density at radius 2 is 0.610 bits per heavy atom. The topological polar surface area (TPSA) is 95.9 Å². The SMILES string of the molecule is CCCCC/C=C\C/C=C\CCCCCCCCCC(=O)OCCCCCCCCCCCCCCCCCC/C=C\CCCCCCCCCCCCCCCCCCCC(=O)NC(CO)C(O)/C=C/CCCCCCCCCCC. The second-order valence-electron chi connectivity index (χ2n) is 25.3. The van der Waals surface area contributed by atoms with Crippen molar-refractivity contribution in [3.63, 3.8) is 0 Å². The maximum Gasteiger partial charge on any atom is 0.305 e. The molecule has 0 radical (unpaired) electrons. The molecule has 6 nitrogen and oxygen atoms in total. The molecule has 0 aromatic carbocycles. The highest BCUT2D eigenvalue weighted by atomic mass is 16.5. The number of unbranched alkanes of at least 4 members (excludes halogenated alkanes) is 52. The predicted octanol–water partition coefficient (Wildman–Crippen LogP) is 24.0. The van der Waals surface area contributed by atoms with Crippen LogP contribution in [0.25, 0.3) is 0 Å². The lowest BCUT2D eigenvalue weighted by Crippen LogP contribution is -2.45. The van der Waals surface area contributed by atoms with E-state index in [9.17, 15) is 19.8 Å². The quantitative estimate of drug-likeness (QED) is 0.0320. The number of allylic oxidation sites excluding steroid dienone is 7. The van der Waals surface area contributed by atoms with Crippen LogP contribution in [0.3, 0.4) is 0 Å². The van der Waals surface area contributed by atoms with Gasteiger partial charge in [0.25, 0.3) is 0 Å². The molecule has 0 bridgehead atoms. The van der Waals surface area contributed by atoms with E-state index in [1.807, 2.05) is 6.08 Å². The zero-order valence-corrected chi connectivity index (χ0v) is 55.2. The molecule has 0 spiro atoms. The Hall–Kier alpha value is -2.18. The van der Waals surface area contributed by atoms with Gasteiger partial charge in [0.05, 0.1) is 25.4 Å². The minimum atomic E-state index is -0.840. The smallest absolute Gasteiger partial charge is 0.305 e. The number of esters is 1. The van der Waals surface area contributed by atoms with Gasteiger partial charge in [-0.15, -0.1) is 0 Å². The summed E-state index contributed by atoms with van der Waals surface area (Å²) >= 11 is 0. The molecule has 0 fully saturated rings. The van der Waals surface area contributed by atoms with Gasteiger partial charge in [0.15, 0.2) is 0 Å². The van der Waals surface area contributed by atoms with Gasteiger partial charge in [0.2, 0.25) is 5.91 Å². The van der Waals surface area contributed by atoms with Crippen molar-refractivity contribution in [3.05, 3.63) is 48.6 Å². The molecule has 0 rings (SSSR count). The van der Waals surface area contributed by atoms with Gasteiger partial charge in [-0.1, -0.05) is 345 Å². The molecule has 0 aliphatic heterocycles. The fourth-order valence-electron chi connectivity index (χ4n) is 11.4. The van der Waals surface area contributed by atoms with E-state index in [1.54, 1.807) is 6.08 Å². The fraction of sp³-hybridized carbons (Fsp3) is 0.868. The summed E-state index contributed by atoms with van der Waals surface area (Å²) < 4.78 is 5.50. The van der Waals surface area contributed by atoms with Crippen molar-refractivity contribution in [2.45, 2.75) is 411 Å². The van der Waals surface area contributed by atoms with E-state index in [-0.39, 0.29) is 18.5 Å². The van der Waals surface area contributed by atoms with Crippen molar-refractivity contribution >= 4 is 11.9 Å². The molecule has 482 valence electrons. The summed E-state index contributed by atoms with van der Waals surface area (Å²) in [6, 6.07) is -0.624. The molecular formula is C76H143NO5. The molecule has 0 saturated carbocycles. The molecule has 82 heavy (non-hydrogen) atoms. The fourth-order valence-corrected chi connectivity index (χ4v) is 11.4. The monoisotopic (exact) mass is 1150 g/mol. The van der Waals surface area contributed by atoms with Crippen LogP contribution in [-0.2, 0) is 14.3 Å². The number of amides is 1. The predicted molar refractivity (Wildman–Crippen MR) is 361 cm³/mol. The van der Waals surface area contributed by atoms with Crippen LogP contribution in [0.5, 0.6) is 0 Å². The Kier molecular flexibility index (Phi) is 69.4. The first-order valence-electron chi connectivity index (χ1n) is 36.9. The average molecular weight is 1150 g/mol. The van der Waals surface area contributed by atoms with Crippen LogP contribution in [0.1, 0.15) is 399 Å². The molecule has 2 unspecified atom stereocenters. The summed E-state index contributed by atoms with van der Waals surface area (Å²) in [4.78, 5) is 24.5. The Bertz CT molecular complexity index is 1370. The molecule has 1 amide bonds. The van der Waals surface area contributed by atoms with E-state index >= 15 is 0 Å². The molecule has 3 N–H and O–H groups in total.